The quantitative estimate of drug-likeness (QED) is 0.729. The van der Waals surface area contributed by atoms with Crippen LogP contribution in [0.5, 0.6) is 0 Å². The summed E-state index contributed by atoms with van der Waals surface area (Å²) >= 11 is 0. The standard InChI is InChI=1S/C8H12F3NO3/c1-5(3-4-6(13)15-2)12-7(14)8(9,10)11/h5H,3-4H2,1-2H3,(H,12,14)/t5-/m1/s1. The molecule has 0 saturated carbocycles. The molecule has 0 fully saturated rings. The normalized spacial score (nSPS) is 13.1. The van der Waals surface area contributed by atoms with Crippen molar-refractivity contribution in [2.24, 2.45) is 0 Å². The molecule has 1 atom stereocenters. The first-order valence-corrected chi connectivity index (χ1v) is 4.22. The molecule has 0 unspecified atom stereocenters. The molecule has 1 amide bonds. The maximum atomic E-state index is 11.8. The molecule has 0 spiro atoms. The lowest BCUT2D eigenvalue weighted by molar-refractivity contribution is -0.174. The number of carbonyl (C=O) groups excluding carboxylic acids is 2. The van der Waals surface area contributed by atoms with Crippen LogP contribution in [0.3, 0.4) is 0 Å². The molecule has 0 aliphatic heterocycles. The number of methoxy groups -OCH3 is 1. The largest absolute Gasteiger partial charge is 0.471 e. The summed E-state index contributed by atoms with van der Waals surface area (Å²) in [6.45, 7) is 1.38. The predicted octanol–water partition coefficient (Wildman–Crippen LogP) is 1.01. The number of ether oxygens (including phenoxy) is 1. The summed E-state index contributed by atoms with van der Waals surface area (Å²) in [5.41, 5.74) is 0. The third kappa shape index (κ3) is 5.92. The van der Waals surface area contributed by atoms with E-state index < -0.39 is 24.1 Å². The number of hydrogen-bond donors (Lipinski definition) is 1. The molecule has 0 heterocycles. The number of nitrogens with one attached hydrogen (secondary N) is 1. The fourth-order valence-corrected chi connectivity index (χ4v) is 0.814. The van der Waals surface area contributed by atoms with Gasteiger partial charge < -0.3 is 10.1 Å². The van der Waals surface area contributed by atoms with E-state index in [1.165, 1.54) is 14.0 Å². The molecule has 0 radical (unpaired) electrons. The second-order valence-electron chi connectivity index (χ2n) is 2.99. The lowest BCUT2D eigenvalue weighted by Gasteiger charge is -2.14. The highest BCUT2D eigenvalue weighted by molar-refractivity contribution is 5.81. The van der Waals surface area contributed by atoms with Gasteiger partial charge in [0.15, 0.2) is 0 Å². The molecule has 88 valence electrons. The maximum absolute atomic E-state index is 11.8. The molecular weight excluding hydrogens is 215 g/mol. The monoisotopic (exact) mass is 227 g/mol. The molecule has 4 nitrogen and oxygen atoms in total. The second-order valence-corrected chi connectivity index (χ2v) is 2.99. The fraction of sp³-hybridized carbons (Fsp3) is 0.750. The van der Waals surface area contributed by atoms with Crippen molar-refractivity contribution in [1.29, 1.82) is 0 Å². The molecular formula is C8H12F3NO3. The van der Waals surface area contributed by atoms with Crippen molar-refractivity contribution in [3.8, 4) is 0 Å². The van der Waals surface area contributed by atoms with E-state index in [1.807, 2.05) is 0 Å². The van der Waals surface area contributed by atoms with E-state index in [0.29, 0.717) is 0 Å². The van der Waals surface area contributed by atoms with E-state index in [2.05, 4.69) is 4.74 Å². The lowest BCUT2D eigenvalue weighted by Crippen LogP contribution is -2.42. The van der Waals surface area contributed by atoms with Gasteiger partial charge in [-0.15, -0.1) is 0 Å². The second kappa shape index (κ2) is 5.57. The highest BCUT2D eigenvalue weighted by Gasteiger charge is 2.39. The number of rotatable bonds is 4. The van der Waals surface area contributed by atoms with Crippen LogP contribution in [0.15, 0.2) is 0 Å². The summed E-state index contributed by atoms with van der Waals surface area (Å²) in [7, 11) is 1.18. The molecule has 0 saturated heterocycles. The van der Waals surface area contributed by atoms with Gasteiger partial charge in [-0.3, -0.25) is 9.59 Å². The zero-order valence-corrected chi connectivity index (χ0v) is 8.35. The molecule has 0 aliphatic rings. The number of esters is 1. The van der Waals surface area contributed by atoms with E-state index in [4.69, 9.17) is 0 Å². The van der Waals surface area contributed by atoms with E-state index in [1.54, 1.807) is 5.32 Å². The number of hydrogen-bond acceptors (Lipinski definition) is 3. The van der Waals surface area contributed by atoms with Crippen molar-refractivity contribution < 1.29 is 27.5 Å². The summed E-state index contributed by atoms with van der Waals surface area (Å²) in [6.07, 6.45) is -4.82. The Morgan fingerprint density at radius 3 is 2.33 bits per heavy atom. The van der Waals surface area contributed by atoms with Gasteiger partial charge in [-0.1, -0.05) is 0 Å². The summed E-state index contributed by atoms with van der Waals surface area (Å²) < 4.78 is 39.6. The van der Waals surface area contributed by atoms with Gasteiger partial charge in [0, 0.05) is 12.5 Å². The summed E-state index contributed by atoms with van der Waals surface area (Å²) in [5.74, 6) is -2.53. The van der Waals surface area contributed by atoms with Gasteiger partial charge in [-0.25, -0.2) is 0 Å². The number of carbonyl (C=O) groups is 2. The van der Waals surface area contributed by atoms with E-state index in [0.717, 1.165) is 0 Å². The van der Waals surface area contributed by atoms with Crippen molar-refractivity contribution in [2.45, 2.75) is 32.0 Å². The van der Waals surface area contributed by atoms with Crippen LogP contribution in [0.25, 0.3) is 0 Å². The third-order valence-corrected chi connectivity index (χ3v) is 1.64. The Morgan fingerprint density at radius 2 is 1.93 bits per heavy atom. The zero-order valence-electron chi connectivity index (χ0n) is 8.35. The summed E-state index contributed by atoms with van der Waals surface area (Å²) in [5, 5.41) is 1.73. The van der Waals surface area contributed by atoms with Crippen molar-refractivity contribution in [3.05, 3.63) is 0 Å². The minimum Gasteiger partial charge on any atom is -0.469 e. The first-order chi connectivity index (χ1) is 6.77. The van der Waals surface area contributed by atoms with Gasteiger partial charge in [0.25, 0.3) is 0 Å². The average Bonchev–Trinajstić information content (AvgIpc) is 2.12. The van der Waals surface area contributed by atoms with Gasteiger partial charge in [0.1, 0.15) is 0 Å². The highest BCUT2D eigenvalue weighted by Crippen LogP contribution is 2.14. The highest BCUT2D eigenvalue weighted by atomic mass is 19.4. The Hall–Kier alpha value is -1.27. The van der Waals surface area contributed by atoms with E-state index in [9.17, 15) is 22.8 Å². The van der Waals surface area contributed by atoms with Gasteiger partial charge >= 0.3 is 18.1 Å². The van der Waals surface area contributed by atoms with Crippen molar-refractivity contribution in [3.63, 3.8) is 0 Å². The molecule has 7 heteroatoms. The molecule has 15 heavy (non-hydrogen) atoms. The van der Waals surface area contributed by atoms with Crippen LogP contribution in [0.1, 0.15) is 19.8 Å². The smallest absolute Gasteiger partial charge is 0.469 e. The Labute approximate surface area is 84.8 Å². The molecule has 0 bridgehead atoms. The third-order valence-electron chi connectivity index (χ3n) is 1.64. The molecule has 0 aromatic rings. The van der Waals surface area contributed by atoms with Crippen molar-refractivity contribution in [2.75, 3.05) is 7.11 Å². The summed E-state index contributed by atoms with van der Waals surface area (Å²) in [4.78, 5) is 21.1. The number of alkyl halides is 3. The van der Waals surface area contributed by atoms with Crippen LogP contribution in [-0.2, 0) is 14.3 Å². The molecule has 0 rings (SSSR count). The van der Waals surface area contributed by atoms with Crippen LogP contribution in [-0.4, -0.2) is 31.2 Å². The van der Waals surface area contributed by atoms with E-state index >= 15 is 0 Å². The Morgan fingerprint density at radius 1 is 1.40 bits per heavy atom. The van der Waals surface area contributed by atoms with Crippen molar-refractivity contribution in [1.82, 2.24) is 5.32 Å². The fourth-order valence-electron chi connectivity index (χ4n) is 0.814. The van der Waals surface area contributed by atoms with Gasteiger partial charge in [0.2, 0.25) is 0 Å². The predicted molar refractivity (Wildman–Crippen MR) is 44.9 cm³/mol. The minimum absolute atomic E-state index is 0.0319. The Kier molecular flexibility index (Phi) is 5.10. The van der Waals surface area contributed by atoms with Crippen LogP contribution in [0.2, 0.25) is 0 Å². The molecule has 0 aromatic heterocycles. The first-order valence-electron chi connectivity index (χ1n) is 4.22. The SMILES string of the molecule is COC(=O)CC[C@@H](C)NC(=O)C(F)(F)F. The minimum atomic E-state index is -4.89. The molecule has 0 aromatic carbocycles. The summed E-state index contributed by atoms with van der Waals surface area (Å²) in [6, 6.07) is -0.724. The zero-order chi connectivity index (χ0) is 12.1. The van der Waals surface area contributed by atoms with Gasteiger partial charge in [0.05, 0.1) is 7.11 Å². The topological polar surface area (TPSA) is 55.4 Å². The van der Waals surface area contributed by atoms with Crippen LogP contribution in [0.4, 0.5) is 13.2 Å². The molecule has 0 aliphatic carbocycles. The van der Waals surface area contributed by atoms with Crippen LogP contribution >= 0.6 is 0 Å². The average molecular weight is 227 g/mol. The van der Waals surface area contributed by atoms with Gasteiger partial charge in [-0.2, -0.15) is 13.2 Å². The lowest BCUT2D eigenvalue weighted by atomic mass is 10.2. The van der Waals surface area contributed by atoms with Crippen LogP contribution in [0, 0.1) is 0 Å². The number of amides is 1. The van der Waals surface area contributed by atoms with Crippen molar-refractivity contribution >= 4 is 11.9 Å². The Balaban J connectivity index is 3.89. The molecule has 1 N–H and O–H groups in total. The van der Waals surface area contributed by atoms with Crippen LogP contribution < -0.4 is 5.32 Å². The Bertz CT molecular complexity index is 240. The first kappa shape index (κ1) is 13.7. The number of halogens is 3. The maximum Gasteiger partial charge on any atom is 0.471 e. The van der Waals surface area contributed by atoms with E-state index in [-0.39, 0.29) is 12.8 Å². The van der Waals surface area contributed by atoms with Gasteiger partial charge in [-0.05, 0) is 13.3 Å².